The summed E-state index contributed by atoms with van der Waals surface area (Å²) < 4.78 is 18.8. The van der Waals surface area contributed by atoms with Gasteiger partial charge in [0.2, 0.25) is 0 Å². The fourth-order valence-electron chi connectivity index (χ4n) is 2.21. The molecule has 0 aromatic heterocycles. The van der Waals surface area contributed by atoms with Crippen molar-refractivity contribution in [3.8, 4) is 6.07 Å². The number of anilines is 1. The van der Waals surface area contributed by atoms with Crippen LogP contribution < -0.4 is 5.32 Å². The number of rotatable bonds is 5. The highest BCUT2D eigenvalue weighted by Gasteiger charge is 2.34. The van der Waals surface area contributed by atoms with Crippen LogP contribution in [0, 0.1) is 17.1 Å². The lowest BCUT2D eigenvalue weighted by atomic mass is 10.2. The Morgan fingerprint density at radius 2 is 2.29 bits per heavy atom. The van der Waals surface area contributed by atoms with Crippen molar-refractivity contribution in [3.63, 3.8) is 0 Å². The summed E-state index contributed by atoms with van der Waals surface area (Å²) in [5, 5.41) is 20.5. The first-order chi connectivity index (χ1) is 11.4. The number of esters is 1. The fourth-order valence-corrected chi connectivity index (χ4v) is 2.65. The zero-order chi connectivity index (χ0) is 17.9. The van der Waals surface area contributed by atoms with E-state index in [2.05, 4.69) is 26.0 Å². The summed E-state index contributed by atoms with van der Waals surface area (Å²) in [5.74, 6) is -1.97. The minimum absolute atomic E-state index is 0.0230. The van der Waals surface area contributed by atoms with Crippen LogP contribution in [0.3, 0.4) is 0 Å². The van der Waals surface area contributed by atoms with E-state index >= 15 is 0 Å². The number of benzene rings is 1. The first-order valence-corrected chi connectivity index (χ1v) is 7.60. The van der Waals surface area contributed by atoms with Crippen LogP contribution in [0.5, 0.6) is 0 Å². The number of nitriles is 1. The van der Waals surface area contributed by atoms with E-state index in [1.165, 1.54) is 18.1 Å². The van der Waals surface area contributed by atoms with Gasteiger partial charge in [0.05, 0.1) is 37.1 Å². The number of hydrogen-bond donors (Lipinski definition) is 2. The minimum atomic E-state index is -0.763. The molecule has 0 atom stereocenters. The molecular weight excluding hydrogens is 385 g/mol. The van der Waals surface area contributed by atoms with Crippen LogP contribution in [-0.4, -0.2) is 48.7 Å². The van der Waals surface area contributed by atoms with E-state index < -0.39 is 17.7 Å². The zero-order valence-electron chi connectivity index (χ0n) is 12.6. The van der Waals surface area contributed by atoms with Gasteiger partial charge in [-0.3, -0.25) is 4.79 Å². The van der Waals surface area contributed by atoms with Gasteiger partial charge in [-0.25, -0.2) is 9.18 Å². The van der Waals surface area contributed by atoms with Crippen molar-refractivity contribution in [2.24, 2.45) is 0 Å². The van der Waals surface area contributed by atoms with Crippen LogP contribution in [0.1, 0.15) is 5.56 Å². The van der Waals surface area contributed by atoms with E-state index in [-0.39, 0.29) is 42.2 Å². The number of methoxy groups -OCH3 is 1. The average Bonchev–Trinajstić information content (AvgIpc) is 2.87. The molecule has 0 saturated carbocycles. The van der Waals surface area contributed by atoms with Gasteiger partial charge in [0.25, 0.3) is 5.91 Å². The van der Waals surface area contributed by atoms with Crippen LogP contribution >= 0.6 is 15.9 Å². The standard InChI is InChI=1S/C15H13BrFN3O4/c1-24-15(23)9-7-20(2-3-21)14(22)13(9)19-12-5-11(17)8(6-18)4-10(12)16/h4-5,19,21H,2-3,7H2,1H3. The van der Waals surface area contributed by atoms with Crippen LogP contribution in [0.15, 0.2) is 27.9 Å². The number of amides is 1. The summed E-state index contributed by atoms with van der Waals surface area (Å²) in [4.78, 5) is 25.5. The molecule has 1 heterocycles. The molecule has 1 amide bonds. The van der Waals surface area contributed by atoms with Crippen molar-refractivity contribution < 1.29 is 23.8 Å². The second-order valence-electron chi connectivity index (χ2n) is 4.84. The molecule has 2 rings (SSSR count). The second-order valence-corrected chi connectivity index (χ2v) is 5.70. The van der Waals surface area contributed by atoms with Crippen molar-refractivity contribution in [2.45, 2.75) is 0 Å². The third-order valence-corrected chi connectivity index (χ3v) is 4.05. The topological polar surface area (TPSA) is 103 Å². The van der Waals surface area contributed by atoms with E-state index in [9.17, 15) is 14.0 Å². The van der Waals surface area contributed by atoms with Crippen LogP contribution in [-0.2, 0) is 14.3 Å². The van der Waals surface area contributed by atoms with E-state index in [1.54, 1.807) is 6.07 Å². The Bertz CT molecular complexity index is 773. The quantitative estimate of drug-likeness (QED) is 0.722. The lowest BCUT2D eigenvalue weighted by Crippen LogP contribution is -2.31. The number of ether oxygens (including phenoxy) is 1. The SMILES string of the molecule is COC(=O)C1=C(Nc2cc(F)c(C#N)cc2Br)C(=O)N(CCO)C1. The van der Waals surface area contributed by atoms with E-state index in [4.69, 9.17) is 10.4 Å². The summed E-state index contributed by atoms with van der Waals surface area (Å²) in [6.07, 6.45) is 0. The van der Waals surface area contributed by atoms with Crippen LogP contribution in [0.25, 0.3) is 0 Å². The predicted octanol–water partition coefficient (Wildman–Crippen LogP) is 1.13. The zero-order valence-corrected chi connectivity index (χ0v) is 14.2. The third-order valence-electron chi connectivity index (χ3n) is 3.39. The maximum atomic E-state index is 13.8. The van der Waals surface area contributed by atoms with Crippen LogP contribution in [0.2, 0.25) is 0 Å². The molecule has 0 bridgehead atoms. The number of halogens is 2. The minimum Gasteiger partial charge on any atom is -0.466 e. The number of nitrogens with zero attached hydrogens (tertiary/aromatic N) is 2. The molecule has 0 aliphatic carbocycles. The fraction of sp³-hybridized carbons (Fsp3) is 0.267. The smallest absolute Gasteiger partial charge is 0.337 e. The molecule has 0 saturated heterocycles. The lowest BCUT2D eigenvalue weighted by Gasteiger charge is -2.15. The number of nitrogens with one attached hydrogen (secondary N) is 1. The first kappa shape index (κ1) is 17.9. The highest BCUT2D eigenvalue weighted by Crippen LogP contribution is 2.29. The molecule has 24 heavy (non-hydrogen) atoms. The van der Waals surface area contributed by atoms with E-state index in [1.807, 2.05) is 0 Å². The maximum absolute atomic E-state index is 13.8. The first-order valence-electron chi connectivity index (χ1n) is 6.80. The molecule has 0 unspecified atom stereocenters. The Morgan fingerprint density at radius 3 is 2.88 bits per heavy atom. The van der Waals surface area contributed by atoms with Gasteiger partial charge in [-0.1, -0.05) is 0 Å². The number of carbonyl (C=O) groups excluding carboxylic acids is 2. The number of β-amino-alcohol motifs (C(OH)–C–C–N with tert-alkyl or cyclic N) is 1. The molecule has 7 nitrogen and oxygen atoms in total. The highest BCUT2D eigenvalue weighted by molar-refractivity contribution is 9.10. The van der Waals surface area contributed by atoms with Gasteiger partial charge in [0, 0.05) is 11.0 Å². The summed E-state index contributed by atoms with van der Waals surface area (Å²) in [6.45, 7) is -0.235. The van der Waals surface area contributed by atoms with Crippen LogP contribution in [0.4, 0.5) is 10.1 Å². The van der Waals surface area contributed by atoms with Gasteiger partial charge in [-0.2, -0.15) is 5.26 Å². The number of aliphatic hydroxyl groups is 1. The summed E-state index contributed by atoms with van der Waals surface area (Å²) >= 11 is 3.19. The lowest BCUT2D eigenvalue weighted by molar-refractivity contribution is -0.136. The Labute approximate surface area is 145 Å². The van der Waals surface area contributed by atoms with Gasteiger partial charge in [0.15, 0.2) is 0 Å². The summed E-state index contributed by atoms with van der Waals surface area (Å²) in [7, 11) is 1.18. The van der Waals surface area contributed by atoms with Crippen molar-refractivity contribution in [1.82, 2.24) is 4.90 Å². The second kappa shape index (κ2) is 7.42. The molecular formula is C15H13BrFN3O4. The molecule has 1 aromatic carbocycles. The predicted molar refractivity (Wildman–Crippen MR) is 85.1 cm³/mol. The van der Waals surface area contributed by atoms with E-state index in [0.29, 0.717) is 4.47 Å². The molecule has 0 fully saturated rings. The molecule has 126 valence electrons. The summed E-state index contributed by atoms with van der Waals surface area (Å²) in [6, 6.07) is 4.02. The van der Waals surface area contributed by atoms with Crippen molar-refractivity contribution >= 4 is 33.5 Å². The Kier molecular flexibility index (Phi) is 5.54. The van der Waals surface area contributed by atoms with Gasteiger partial charge in [-0.15, -0.1) is 0 Å². The molecule has 1 aliphatic heterocycles. The molecule has 1 aromatic rings. The Balaban J connectivity index is 2.41. The van der Waals surface area contributed by atoms with E-state index in [0.717, 1.165) is 6.07 Å². The van der Waals surface area contributed by atoms with Gasteiger partial charge in [0.1, 0.15) is 17.6 Å². The molecule has 9 heteroatoms. The Hall–Kier alpha value is -2.44. The van der Waals surface area contributed by atoms with Crippen molar-refractivity contribution in [2.75, 3.05) is 32.1 Å². The summed E-state index contributed by atoms with van der Waals surface area (Å²) in [5.41, 5.74) is 0.0454. The maximum Gasteiger partial charge on any atom is 0.337 e. The number of carbonyl (C=O) groups is 2. The van der Waals surface area contributed by atoms with Crippen molar-refractivity contribution in [1.29, 1.82) is 5.26 Å². The molecule has 2 N–H and O–H groups in total. The van der Waals surface area contributed by atoms with Gasteiger partial charge >= 0.3 is 5.97 Å². The van der Waals surface area contributed by atoms with Gasteiger partial charge < -0.3 is 20.1 Å². The number of aliphatic hydroxyl groups excluding tert-OH is 1. The Morgan fingerprint density at radius 1 is 1.58 bits per heavy atom. The monoisotopic (exact) mass is 397 g/mol. The largest absolute Gasteiger partial charge is 0.466 e. The average molecular weight is 398 g/mol. The third kappa shape index (κ3) is 3.39. The normalized spacial score (nSPS) is 14.0. The molecule has 0 spiro atoms. The van der Waals surface area contributed by atoms with Crippen molar-refractivity contribution in [3.05, 3.63) is 39.3 Å². The highest BCUT2D eigenvalue weighted by atomic mass is 79.9. The molecule has 1 aliphatic rings. The van der Waals surface area contributed by atoms with Gasteiger partial charge in [-0.05, 0) is 28.1 Å². The number of hydrogen-bond acceptors (Lipinski definition) is 6. The molecule has 0 radical (unpaired) electrons.